The molecule has 0 aromatic heterocycles. The molecule has 0 bridgehead atoms. The number of aldehydes is 1. The molecule has 1 heteroatoms. The SMILES string of the molecule is CC/C=C\C/C=C\C/C=C\C/C=C\C/C=C\C/C=C\CCC=O. The maximum Gasteiger partial charge on any atom is 0.120 e. The maximum atomic E-state index is 10.1. The van der Waals surface area contributed by atoms with Gasteiger partial charge in [-0.25, -0.2) is 0 Å². The topological polar surface area (TPSA) is 17.1 Å². The van der Waals surface area contributed by atoms with Crippen molar-refractivity contribution < 1.29 is 4.79 Å². The second-order valence-electron chi connectivity index (χ2n) is 5.16. The largest absolute Gasteiger partial charge is 0.303 e. The summed E-state index contributed by atoms with van der Waals surface area (Å²) >= 11 is 0. The highest BCUT2D eigenvalue weighted by Crippen LogP contribution is 1.97. The van der Waals surface area contributed by atoms with Crippen molar-refractivity contribution in [2.75, 3.05) is 0 Å². The minimum atomic E-state index is 0.627. The molecule has 126 valence electrons. The van der Waals surface area contributed by atoms with E-state index in [9.17, 15) is 4.79 Å². The van der Waals surface area contributed by atoms with Crippen molar-refractivity contribution in [3.8, 4) is 0 Å². The third-order valence-corrected chi connectivity index (χ3v) is 3.05. The number of allylic oxidation sites excluding steroid dienone is 12. The van der Waals surface area contributed by atoms with Crippen molar-refractivity contribution in [1.29, 1.82) is 0 Å². The van der Waals surface area contributed by atoms with Gasteiger partial charge in [-0.15, -0.1) is 0 Å². The zero-order valence-corrected chi connectivity index (χ0v) is 14.6. The predicted octanol–water partition coefficient (Wildman–Crippen LogP) is 6.66. The Morgan fingerprint density at radius 2 is 0.826 bits per heavy atom. The Morgan fingerprint density at radius 1 is 0.478 bits per heavy atom. The highest BCUT2D eigenvalue weighted by molar-refractivity contribution is 5.49. The van der Waals surface area contributed by atoms with Crippen LogP contribution in [0.3, 0.4) is 0 Å². The van der Waals surface area contributed by atoms with Crippen molar-refractivity contribution in [3.63, 3.8) is 0 Å². The van der Waals surface area contributed by atoms with E-state index in [1.54, 1.807) is 0 Å². The Balaban J connectivity index is 3.49. The van der Waals surface area contributed by atoms with Gasteiger partial charge in [-0.2, -0.15) is 0 Å². The van der Waals surface area contributed by atoms with E-state index in [1.165, 1.54) is 0 Å². The van der Waals surface area contributed by atoms with E-state index in [0.717, 1.165) is 51.2 Å². The van der Waals surface area contributed by atoms with Crippen molar-refractivity contribution >= 4 is 6.29 Å². The van der Waals surface area contributed by atoms with Gasteiger partial charge in [-0.1, -0.05) is 79.8 Å². The zero-order valence-electron chi connectivity index (χ0n) is 14.6. The quantitative estimate of drug-likeness (QED) is 0.199. The predicted molar refractivity (Wildman–Crippen MR) is 104 cm³/mol. The second-order valence-corrected chi connectivity index (χ2v) is 5.16. The molecule has 0 amide bonds. The highest BCUT2D eigenvalue weighted by atomic mass is 16.1. The molecule has 0 N–H and O–H groups in total. The van der Waals surface area contributed by atoms with Gasteiger partial charge in [-0.3, -0.25) is 0 Å². The zero-order chi connectivity index (χ0) is 16.8. The van der Waals surface area contributed by atoms with Crippen LogP contribution < -0.4 is 0 Å². The summed E-state index contributed by atoms with van der Waals surface area (Å²) in [5.41, 5.74) is 0. The summed E-state index contributed by atoms with van der Waals surface area (Å²) in [6.07, 6.45) is 34.7. The number of unbranched alkanes of at least 4 members (excludes halogenated alkanes) is 1. The average molecular weight is 312 g/mol. The lowest BCUT2D eigenvalue weighted by Gasteiger charge is -1.86. The van der Waals surface area contributed by atoms with Crippen molar-refractivity contribution in [3.05, 3.63) is 72.9 Å². The van der Waals surface area contributed by atoms with Crippen molar-refractivity contribution in [2.45, 2.75) is 58.3 Å². The first-order valence-electron chi connectivity index (χ1n) is 8.75. The van der Waals surface area contributed by atoms with Gasteiger partial charge in [0.25, 0.3) is 0 Å². The van der Waals surface area contributed by atoms with E-state index >= 15 is 0 Å². The van der Waals surface area contributed by atoms with Crippen LogP contribution in [0.25, 0.3) is 0 Å². The van der Waals surface area contributed by atoms with Crippen LogP contribution in [0, 0.1) is 0 Å². The fraction of sp³-hybridized carbons (Fsp3) is 0.409. The molecule has 0 spiro atoms. The van der Waals surface area contributed by atoms with Crippen LogP contribution in [0.5, 0.6) is 0 Å². The second kappa shape index (κ2) is 20.1. The third kappa shape index (κ3) is 20.1. The summed E-state index contributed by atoms with van der Waals surface area (Å²) in [6, 6.07) is 0. The lowest BCUT2D eigenvalue weighted by molar-refractivity contribution is -0.107. The number of hydrogen-bond donors (Lipinski definition) is 0. The van der Waals surface area contributed by atoms with Crippen LogP contribution in [-0.4, -0.2) is 6.29 Å². The smallest absolute Gasteiger partial charge is 0.120 e. The molecule has 0 aliphatic heterocycles. The molecular formula is C22H32O. The van der Waals surface area contributed by atoms with Gasteiger partial charge in [0.1, 0.15) is 6.29 Å². The lowest BCUT2D eigenvalue weighted by atomic mass is 10.2. The Kier molecular flexibility index (Phi) is 18.5. The summed E-state index contributed by atoms with van der Waals surface area (Å²) in [4.78, 5) is 10.1. The van der Waals surface area contributed by atoms with Crippen LogP contribution in [0.1, 0.15) is 58.3 Å². The summed E-state index contributed by atoms with van der Waals surface area (Å²) in [5, 5.41) is 0. The molecule has 0 heterocycles. The summed E-state index contributed by atoms with van der Waals surface area (Å²) < 4.78 is 0. The van der Waals surface area contributed by atoms with E-state index < -0.39 is 0 Å². The van der Waals surface area contributed by atoms with Crippen LogP contribution in [0.15, 0.2) is 72.9 Å². The van der Waals surface area contributed by atoms with Gasteiger partial charge in [-0.05, 0) is 44.9 Å². The molecule has 0 fully saturated rings. The van der Waals surface area contributed by atoms with E-state index in [1.807, 2.05) is 0 Å². The molecule has 0 aromatic rings. The van der Waals surface area contributed by atoms with Crippen LogP contribution >= 0.6 is 0 Å². The van der Waals surface area contributed by atoms with E-state index in [2.05, 4.69) is 79.8 Å². The highest BCUT2D eigenvalue weighted by Gasteiger charge is 1.77. The fourth-order valence-electron chi connectivity index (χ4n) is 1.80. The molecular weight excluding hydrogens is 280 g/mol. The molecule has 0 radical (unpaired) electrons. The van der Waals surface area contributed by atoms with Crippen LogP contribution in [0.2, 0.25) is 0 Å². The summed E-state index contributed by atoms with van der Waals surface area (Å²) in [7, 11) is 0. The number of carbonyl (C=O) groups is 1. The Hall–Kier alpha value is -1.89. The Labute approximate surface area is 142 Å². The van der Waals surface area contributed by atoms with Crippen molar-refractivity contribution in [1.82, 2.24) is 0 Å². The Morgan fingerprint density at radius 3 is 1.17 bits per heavy atom. The standard InChI is InChI=1S/C22H32O/c1-2-3-4-5-6-7-8-9-10-11-12-13-14-15-16-17-18-19-20-21-22-23/h3-4,6-7,9-10,12-13,15-16,18-19,22H,2,5,8,11,14,17,20-21H2,1H3/b4-3-,7-6-,10-9-,13-12-,16-15-,19-18-. The molecule has 0 saturated carbocycles. The number of hydrogen-bond acceptors (Lipinski definition) is 1. The molecule has 23 heavy (non-hydrogen) atoms. The van der Waals surface area contributed by atoms with Crippen LogP contribution in [-0.2, 0) is 4.79 Å². The van der Waals surface area contributed by atoms with E-state index in [0.29, 0.717) is 6.42 Å². The molecule has 0 aromatic carbocycles. The van der Waals surface area contributed by atoms with Gasteiger partial charge < -0.3 is 4.79 Å². The van der Waals surface area contributed by atoms with E-state index in [-0.39, 0.29) is 0 Å². The molecule has 0 aliphatic rings. The Bertz CT molecular complexity index is 419. The first-order valence-corrected chi connectivity index (χ1v) is 8.75. The van der Waals surface area contributed by atoms with Gasteiger partial charge in [0.2, 0.25) is 0 Å². The summed E-state index contributed by atoms with van der Waals surface area (Å²) in [5.74, 6) is 0. The molecule has 0 saturated heterocycles. The monoisotopic (exact) mass is 312 g/mol. The number of rotatable bonds is 14. The normalized spacial score (nSPS) is 13.1. The van der Waals surface area contributed by atoms with Crippen LogP contribution in [0.4, 0.5) is 0 Å². The van der Waals surface area contributed by atoms with Crippen molar-refractivity contribution in [2.24, 2.45) is 0 Å². The fourth-order valence-corrected chi connectivity index (χ4v) is 1.80. The van der Waals surface area contributed by atoms with Gasteiger partial charge in [0, 0.05) is 6.42 Å². The van der Waals surface area contributed by atoms with Gasteiger partial charge in [0.15, 0.2) is 0 Å². The van der Waals surface area contributed by atoms with Gasteiger partial charge in [0.05, 0.1) is 0 Å². The minimum Gasteiger partial charge on any atom is -0.303 e. The molecule has 0 unspecified atom stereocenters. The third-order valence-electron chi connectivity index (χ3n) is 3.05. The molecule has 0 atom stereocenters. The lowest BCUT2D eigenvalue weighted by Crippen LogP contribution is -1.70. The first kappa shape index (κ1) is 21.1. The summed E-state index contributed by atoms with van der Waals surface area (Å²) in [6.45, 7) is 2.15. The molecule has 1 nitrogen and oxygen atoms in total. The molecule has 0 rings (SSSR count). The van der Waals surface area contributed by atoms with E-state index in [4.69, 9.17) is 0 Å². The maximum absolute atomic E-state index is 10.1. The molecule has 0 aliphatic carbocycles. The number of carbonyl (C=O) groups excluding carboxylic acids is 1. The first-order chi connectivity index (χ1) is 11.4. The van der Waals surface area contributed by atoms with Gasteiger partial charge >= 0.3 is 0 Å². The average Bonchev–Trinajstić information content (AvgIpc) is 2.57. The minimum absolute atomic E-state index is 0.627.